The van der Waals surface area contributed by atoms with E-state index in [9.17, 15) is 9.90 Å². The number of anilines is 1. The van der Waals surface area contributed by atoms with E-state index < -0.39 is 0 Å². The fraction of sp³-hybridized carbons (Fsp3) is 0.188. The highest BCUT2D eigenvalue weighted by atomic mass is 16.5. The highest BCUT2D eigenvalue weighted by Gasteiger charge is 2.07. The van der Waals surface area contributed by atoms with Crippen molar-refractivity contribution in [1.29, 1.82) is 0 Å². The number of benzene rings is 2. The molecule has 2 aromatic carbocycles. The number of carbonyl (C=O) groups is 1. The molecule has 0 saturated carbocycles. The minimum Gasteiger partial charge on any atom is -0.508 e. The molecule has 0 aromatic heterocycles. The van der Waals surface area contributed by atoms with Crippen LogP contribution in [0.1, 0.15) is 11.1 Å². The fourth-order valence-corrected chi connectivity index (χ4v) is 1.97. The number of ether oxygens (including phenoxy) is 1. The maximum absolute atomic E-state index is 11.9. The number of rotatable bonds is 5. The predicted molar refractivity (Wildman–Crippen MR) is 81.1 cm³/mol. The van der Waals surface area contributed by atoms with Gasteiger partial charge in [0.25, 0.3) is 0 Å². The smallest absolute Gasteiger partial charge is 0.224 e. The molecule has 0 saturated heterocycles. The first-order chi connectivity index (χ1) is 10.1. The molecule has 0 aliphatic carbocycles. The lowest BCUT2D eigenvalue weighted by Gasteiger charge is -2.08. The molecule has 0 fully saturated rings. The van der Waals surface area contributed by atoms with Crippen molar-refractivity contribution in [3.05, 3.63) is 53.6 Å². The molecule has 0 unspecified atom stereocenters. The molecule has 0 radical (unpaired) electrons. The summed E-state index contributed by atoms with van der Waals surface area (Å²) < 4.78 is 5.12. The van der Waals surface area contributed by atoms with Gasteiger partial charge in [-0.2, -0.15) is 0 Å². The van der Waals surface area contributed by atoms with Crippen LogP contribution in [0.15, 0.2) is 42.5 Å². The van der Waals surface area contributed by atoms with Gasteiger partial charge in [0.05, 0.1) is 13.5 Å². The second-order valence-electron chi connectivity index (χ2n) is 4.69. The van der Waals surface area contributed by atoms with E-state index >= 15 is 0 Å². The molecule has 5 heteroatoms. The molecular weight excluding hydrogens is 268 g/mol. The van der Waals surface area contributed by atoms with E-state index in [1.807, 2.05) is 24.3 Å². The van der Waals surface area contributed by atoms with E-state index in [1.54, 1.807) is 19.2 Å². The van der Waals surface area contributed by atoms with Gasteiger partial charge in [0.2, 0.25) is 5.91 Å². The van der Waals surface area contributed by atoms with Gasteiger partial charge in [-0.1, -0.05) is 12.1 Å². The van der Waals surface area contributed by atoms with E-state index in [2.05, 4.69) is 5.32 Å². The first kappa shape index (κ1) is 14.7. The minimum atomic E-state index is -0.134. The fourth-order valence-electron chi connectivity index (χ4n) is 1.97. The predicted octanol–water partition coefficient (Wildman–Crippen LogP) is 1.84. The second kappa shape index (κ2) is 6.65. The Hall–Kier alpha value is -2.69. The van der Waals surface area contributed by atoms with Crippen LogP contribution in [-0.2, 0) is 17.8 Å². The Morgan fingerprint density at radius 1 is 1.29 bits per heavy atom. The summed E-state index contributed by atoms with van der Waals surface area (Å²) in [5, 5.41) is 12.4. The van der Waals surface area contributed by atoms with Gasteiger partial charge < -0.3 is 20.9 Å². The molecule has 0 aliphatic heterocycles. The maximum Gasteiger partial charge on any atom is 0.224 e. The minimum absolute atomic E-state index is 0.117. The summed E-state index contributed by atoms with van der Waals surface area (Å²) in [5.41, 5.74) is 7.65. The number of nitrogen functional groups attached to an aromatic ring is 1. The maximum atomic E-state index is 11.9. The van der Waals surface area contributed by atoms with Crippen LogP contribution in [-0.4, -0.2) is 18.1 Å². The summed E-state index contributed by atoms with van der Waals surface area (Å²) in [5.74, 6) is 0.699. The third-order valence-electron chi connectivity index (χ3n) is 3.08. The molecule has 21 heavy (non-hydrogen) atoms. The number of phenolic OH excluding ortho intramolecular Hbond substituents is 1. The zero-order valence-corrected chi connectivity index (χ0v) is 11.8. The molecule has 0 spiro atoms. The van der Waals surface area contributed by atoms with Crippen molar-refractivity contribution >= 4 is 11.6 Å². The summed E-state index contributed by atoms with van der Waals surface area (Å²) in [4.78, 5) is 11.9. The lowest BCUT2D eigenvalue weighted by atomic mass is 10.1. The van der Waals surface area contributed by atoms with Gasteiger partial charge in [-0.05, 0) is 35.9 Å². The van der Waals surface area contributed by atoms with Crippen molar-refractivity contribution in [1.82, 2.24) is 5.32 Å². The third kappa shape index (κ3) is 4.14. The van der Waals surface area contributed by atoms with E-state index in [0.29, 0.717) is 17.0 Å². The molecule has 0 aliphatic rings. The number of hydrogen-bond acceptors (Lipinski definition) is 4. The van der Waals surface area contributed by atoms with Crippen LogP contribution in [0.2, 0.25) is 0 Å². The first-order valence-electron chi connectivity index (χ1n) is 6.55. The van der Waals surface area contributed by atoms with Crippen molar-refractivity contribution in [3.8, 4) is 11.5 Å². The largest absolute Gasteiger partial charge is 0.508 e. The zero-order chi connectivity index (χ0) is 15.2. The van der Waals surface area contributed by atoms with Gasteiger partial charge in [-0.25, -0.2) is 0 Å². The molecule has 2 aromatic rings. The van der Waals surface area contributed by atoms with Gasteiger partial charge in [0, 0.05) is 17.8 Å². The summed E-state index contributed by atoms with van der Waals surface area (Å²) in [7, 11) is 1.59. The Balaban J connectivity index is 1.94. The molecule has 1 amide bonds. The Kier molecular flexibility index (Phi) is 4.66. The van der Waals surface area contributed by atoms with Gasteiger partial charge in [0.1, 0.15) is 11.5 Å². The van der Waals surface area contributed by atoms with Crippen LogP contribution in [0.5, 0.6) is 11.5 Å². The van der Waals surface area contributed by atoms with Crippen molar-refractivity contribution in [2.45, 2.75) is 13.0 Å². The van der Waals surface area contributed by atoms with Crippen LogP contribution in [0.4, 0.5) is 5.69 Å². The number of hydrogen-bond donors (Lipinski definition) is 3. The molecular formula is C16H18N2O3. The number of phenols is 1. The molecule has 0 bridgehead atoms. The number of nitrogens with one attached hydrogen (secondary N) is 1. The van der Waals surface area contributed by atoms with E-state index in [1.165, 1.54) is 6.07 Å². The van der Waals surface area contributed by atoms with Crippen LogP contribution in [0, 0.1) is 0 Å². The van der Waals surface area contributed by atoms with Crippen molar-refractivity contribution in [2.75, 3.05) is 12.8 Å². The van der Waals surface area contributed by atoms with Gasteiger partial charge >= 0.3 is 0 Å². The summed E-state index contributed by atoms with van der Waals surface area (Å²) in [6.45, 7) is 0.236. The van der Waals surface area contributed by atoms with Crippen molar-refractivity contribution < 1.29 is 14.6 Å². The van der Waals surface area contributed by atoms with Gasteiger partial charge in [-0.15, -0.1) is 0 Å². The van der Waals surface area contributed by atoms with Crippen molar-refractivity contribution in [2.24, 2.45) is 0 Å². The average Bonchev–Trinajstić information content (AvgIpc) is 2.48. The SMILES string of the molecule is COc1cccc(CC(=O)NCc2cc(N)ccc2O)c1. The van der Waals surface area contributed by atoms with Crippen LogP contribution in [0.3, 0.4) is 0 Å². The molecule has 110 valence electrons. The number of amides is 1. The van der Waals surface area contributed by atoms with E-state index in [0.717, 1.165) is 5.56 Å². The van der Waals surface area contributed by atoms with Gasteiger partial charge in [0.15, 0.2) is 0 Å². The second-order valence-corrected chi connectivity index (χ2v) is 4.69. The molecule has 0 heterocycles. The standard InChI is InChI=1S/C16H18N2O3/c1-21-14-4-2-3-11(7-14)8-16(20)18-10-12-9-13(17)5-6-15(12)19/h2-7,9,19H,8,10,17H2,1H3,(H,18,20). The van der Waals surface area contributed by atoms with Crippen LogP contribution < -0.4 is 15.8 Å². The number of nitrogens with two attached hydrogens (primary N) is 1. The monoisotopic (exact) mass is 286 g/mol. The quantitative estimate of drug-likeness (QED) is 0.578. The average molecular weight is 286 g/mol. The highest BCUT2D eigenvalue weighted by molar-refractivity contribution is 5.78. The highest BCUT2D eigenvalue weighted by Crippen LogP contribution is 2.19. The Morgan fingerprint density at radius 3 is 2.86 bits per heavy atom. The molecule has 5 nitrogen and oxygen atoms in total. The Labute approximate surface area is 123 Å². The Morgan fingerprint density at radius 2 is 2.10 bits per heavy atom. The summed E-state index contributed by atoms with van der Waals surface area (Å²) >= 11 is 0. The number of methoxy groups -OCH3 is 1. The molecule has 2 rings (SSSR count). The van der Waals surface area contributed by atoms with Gasteiger partial charge in [-0.3, -0.25) is 4.79 Å². The summed E-state index contributed by atoms with van der Waals surface area (Å²) in [6.07, 6.45) is 0.250. The van der Waals surface area contributed by atoms with E-state index in [4.69, 9.17) is 10.5 Å². The van der Waals surface area contributed by atoms with E-state index in [-0.39, 0.29) is 24.6 Å². The first-order valence-corrected chi connectivity index (χ1v) is 6.55. The van der Waals surface area contributed by atoms with Crippen LogP contribution >= 0.6 is 0 Å². The lowest BCUT2D eigenvalue weighted by molar-refractivity contribution is -0.120. The topological polar surface area (TPSA) is 84.6 Å². The van der Waals surface area contributed by atoms with Crippen molar-refractivity contribution in [3.63, 3.8) is 0 Å². The zero-order valence-electron chi connectivity index (χ0n) is 11.8. The number of carbonyl (C=O) groups excluding carboxylic acids is 1. The number of aromatic hydroxyl groups is 1. The summed E-state index contributed by atoms with van der Waals surface area (Å²) in [6, 6.07) is 12.1. The molecule has 0 atom stereocenters. The normalized spacial score (nSPS) is 10.1. The third-order valence-corrected chi connectivity index (χ3v) is 3.08. The molecule has 4 N–H and O–H groups in total. The van der Waals surface area contributed by atoms with Crippen LogP contribution in [0.25, 0.3) is 0 Å². The Bertz CT molecular complexity index is 641. The lowest BCUT2D eigenvalue weighted by Crippen LogP contribution is -2.24.